The van der Waals surface area contributed by atoms with Gasteiger partial charge in [0.15, 0.2) is 0 Å². The molecule has 3 rings (SSSR count). The summed E-state index contributed by atoms with van der Waals surface area (Å²) in [7, 11) is -3.48. The second kappa shape index (κ2) is 8.03. The number of para-hydroxylation sites is 1. The molecule has 0 fully saturated rings. The minimum Gasteiger partial charge on any atom is -0.364 e. The molecule has 0 saturated heterocycles. The van der Waals surface area contributed by atoms with E-state index in [0.29, 0.717) is 10.9 Å². The van der Waals surface area contributed by atoms with Crippen molar-refractivity contribution in [3.63, 3.8) is 0 Å². The number of hydrogen-bond donors (Lipinski definition) is 1. The van der Waals surface area contributed by atoms with E-state index in [9.17, 15) is 8.42 Å². The molecule has 0 aromatic heterocycles. The number of fused-ring (bicyclic) bond motifs is 1. The Labute approximate surface area is 163 Å². The molecule has 27 heavy (non-hydrogen) atoms. The topological polar surface area (TPSA) is 49.4 Å². The summed E-state index contributed by atoms with van der Waals surface area (Å²) in [5, 5.41) is 0. The first kappa shape index (κ1) is 19.9. The van der Waals surface area contributed by atoms with E-state index >= 15 is 0 Å². The van der Waals surface area contributed by atoms with Gasteiger partial charge in [-0.1, -0.05) is 44.2 Å². The average molecular weight is 387 g/mol. The van der Waals surface area contributed by atoms with Crippen LogP contribution in [0.5, 0.6) is 0 Å². The van der Waals surface area contributed by atoms with Crippen molar-refractivity contribution in [3.05, 3.63) is 59.7 Å². The summed E-state index contributed by atoms with van der Waals surface area (Å²) in [6, 6.07) is 16.2. The monoisotopic (exact) mass is 386 g/mol. The van der Waals surface area contributed by atoms with Gasteiger partial charge in [0.25, 0.3) is 0 Å². The average Bonchev–Trinajstić information content (AvgIpc) is 2.64. The summed E-state index contributed by atoms with van der Waals surface area (Å²) in [5.74, 6) is 0.250. The first-order chi connectivity index (χ1) is 12.8. The van der Waals surface area contributed by atoms with Crippen LogP contribution >= 0.6 is 0 Å². The quantitative estimate of drug-likeness (QED) is 0.803. The van der Waals surface area contributed by atoms with Gasteiger partial charge in [0.05, 0.1) is 4.90 Å². The van der Waals surface area contributed by atoms with Gasteiger partial charge in [-0.2, -0.15) is 0 Å². The molecule has 1 aliphatic rings. The lowest BCUT2D eigenvalue weighted by Gasteiger charge is -2.37. The largest absolute Gasteiger partial charge is 0.364 e. The lowest BCUT2D eigenvalue weighted by Crippen LogP contribution is -2.37. The maximum atomic E-state index is 12.5. The number of anilines is 1. The van der Waals surface area contributed by atoms with Crippen molar-refractivity contribution in [2.45, 2.75) is 64.1 Å². The first-order valence-corrected chi connectivity index (χ1v) is 11.2. The molecule has 2 aromatic rings. The summed E-state index contributed by atoms with van der Waals surface area (Å²) >= 11 is 0. The zero-order chi connectivity index (χ0) is 19.6. The van der Waals surface area contributed by atoms with E-state index in [1.807, 2.05) is 32.9 Å². The Balaban J connectivity index is 1.77. The fourth-order valence-electron chi connectivity index (χ4n) is 3.42. The third kappa shape index (κ3) is 4.53. The predicted octanol–water partition coefficient (Wildman–Crippen LogP) is 4.35. The lowest BCUT2D eigenvalue weighted by molar-refractivity contribution is 0.476. The van der Waals surface area contributed by atoms with E-state index in [-0.39, 0.29) is 12.0 Å². The SMILES string of the molecule is CC(C)[C@@H](C)NS(=O)(=O)c1ccc(CN2c3ccccc3CC[C@@H]2C)cc1. The minimum absolute atomic E-state index is 0.0969. The zero-order valence-electron chi connectivity index (χ0n) is 16.6. The van der Waals surface area contributed by atoms with Crippen LogP contribution in [0.4, 0.5) is 5.69 Å². The molecule has 0 bridgehead atoms. The smallest absolute Gasteiger partial charge is 0.240 e. The molecule has 0 amide bonds. The molecule has 0 unspecified atom stereocenters. The maximum absolute atomic E-state index is 12.5. The van der Waals surface area contributed by atoms with E-state index in [0.717, 1.165) is 24.9 Å². The van der Waals surface area contributed by atoms with E-state index in [4.69, 9.17) is 0 Å². The third-order valence-corrected chi connectivity index (χ3v) is 7.17. The lowest BCUT2D eigenvalue weighted by atomic mass is 9.96. The van der Waals surface area contributed by atoms with E-state index in [1.54, 1.807) is 12.1 Å². The molecule has 0 saturated carbocycles. The van der Waals surface area contributed by atoms with Gasteiger partial charge in [-0.05, 0) is 61.9 Å². The van der Waals surface area contributed by atoms with Gasteiger partial charge in [-0.25, -0.2) is 13.1 Å². The van der Waals surface area contributed by atoms with Crippen LogP contribution in [0.15, 0.2) is 53.4 Å². The summed E-state index contributed by atoms with van der Waals surface area (Å²) in [6.45, 7) is 8.95. The molecule has 5 heteroatoms. The van der Waals surface area contributed by atoms with E-state index in [2.05, 4.69) is 40.8 Å². The standard InChI is InChI=1S/C22H30N2O2S/c1-16(2)18(4)23-27(25,26)21-13-10-19(11-14-21)15-24-17(3)9-12-20-7-5-6-8-22(20)24/h5-8,10-11,13-14,16-18,23H,9,12,15H2,1-4H3/t17-,18+/m0/s1. The van der Waals surface area contributed by atoms with Crippen molar-refractivity contribution in [1.29, 1.82) is 0 Å². The molecule has 1 heterocycles. The number of rotatable bonds is 6. The molecule has 146 valence electrons. The highest BCUT2D eigenvalue weighted by Crippen LogP contribution is 2.31. The van der Waals surface area contributed by atoms with Crippen molar-refractivity contribution in [3.8, 4) is 0 Å². The molecule has 2 aromatic carbocycles. The van der Waals surface area contributed by atoms with Gasteiger partial charge in [-0.15, -0.1) is 0 Å². The van der Waals surface area contributed by atoms with Crippen molar-refractivity contribution < 1.29 is 8.42 Å². The summed E-state index contributed by atoms with van der Waals surface area (Å²) < 4.78 is 27.8. The molecule has 1 N–H and O–H groups in total. The molecule has 4 nitrogen and oxygen atoms in total. The Morgan fingerprint density at radius 3 is 2.41 bits per heavy atom. The molecule has 0 spiro atoms. The summed E-state index contributed by atoms with van der Waals surface area (Å²) in [5.41, 5.74) is 3.80. The van der Waals surface area contributed by atoms with Gasteiger partial charge >= 0.3 is 0 Å². The third-order valence-electron chi connectivity index (χ3n) is 5.59. The second-order valence-electron chi connectivity index (χ2n) is 7.94. The highest BCUT2D eigenvalue weighted by atomic mass is 32.2. The van der Waals surface area contributed by atoms with Crippen LogP contribution < -0.4 is 9.62 Å². The van der Waals surface area contributed by atoms with E-state index in [1.165, 1.54) is 11.3 Å². The molecule has 0 aliphatic carbocycles. The van der Waals surface area contributed by atoms with Gasteiger partial charge in [0.2, 0.25) is 10.0 Å². The fourth-order valence-corrected chi connectivity index (χ4v) is 4.81. The van der Waals surface area contributed by atoms with Crippen molar-refractivity contribution in [1.82, 2.24) is 4.72 Å². The zero-order valence-corrected chi connectivity index (χ0v) is 17.5. The normalized spacial score (nSPS) is 18.4. The molecule has 2 atom stereocenters. The van der Waals surface area contributed by atoms with Gasteiger partial charge in [0, 0.05) is 24.3 Å². The highest BCUT2D eigenvalue weighted by Gasteiger charge is 2.23. The maximum Gasteiger partial charge on any atom is 0.240 e. The van der Waals surface area contributed by atoms with Crippen LogP contribution in [0.25, 0.3) is 0 Å². The highest BCUT2D eigenvalue weighted by molar-refractivity contribution is 7.89. The Kier molecular flexibility index (Phi) is 5.92. The number of nitrogens with one attached hydrogen (secondary N) is 1. The van der Waals surface area contributed by atoms with Crippen LogP contribution in [0.3, 0.4) is 0 Å². The van der Waals surface area contributed by atoms with Crippen LogP contribution in [0, 0.1) is 5.92 Å². The molecule has 0 radical (unpaired) electrons. The minimum atomic E-state index is -3.48. The Morgan fingerprint density at radius 2 is 1.74 bits per heavy atom. The van der Waals surface area contributed by atoms with Crippen LogP contribution in [0.2, 0.25) is 0 Å². The second-order valence-corrected chi connectivity index (χ2v) is 9.66. The van der Waals surface area contributed by atoms with Crippen LogP contribution in [-0.2, 0) is 23.0 Å². The van der Waals surface area contributed by atoms with Crippen molar-refractivity contribution >= 4 is 15.7 Å². The number of nitrogens with zero attached hydrogens (tertiary/aromatic N) is 1. The molecule has 1 aliphatic heterocycles. The van der Waals surface area contributed by atoms with Crippen LogP contribution in [0.1, 0.15) is 45.2 Å². The Bertz CT molecular complexity index is 875. The Hall–Kier alpha value is -1.85. The predicted molar refractivity (Wildman–Crippen MR) is 111 cm³/mol. The number of benzene rings is 2. The van der Waals surface area contributed by atoms with Gasteiger partial charge < -0.3 is 4.90 Å². The Morgan fingerprint density at radius 1 is 1.07 bits per heavy atom. The summed E-state index contributed by atoms with van der Waals surface area (Å²) in [6.07, 6.45) is 2.26. The molecular weight excluding hydrogens is 356 g/mol. The van der Waals surface area contributed by atoms with Crippen molar-refractivity contribution in [2.75, 3.05) is 4.90 Å². The number of sulfonamides is 1. The van der Waals surface area contributed by atoms with Gasteiger partial charge in [-0.3, -0.25) is 0 Å². The first-order valence-electron chi connectivity index (χ1n) is 9.74. The summed E-state index contributed by atoms with van der Waals surface area (Å²) in [4.78, 5) is 2.74. The number of aryl methyl sites for hydroxylation is 1. The number of hydrogen-bond acceptors (Lipinski definition) is 3. The van der Waals surface area contributed by atoms with E-state index < -0.39 is 10.0 Å². The van der Waals surface area contributed by atoms with Gasteiger partial charge in [0.1, 0.15) is 0 Å². The van der Waals surface area contributed by atoms with Crippen molar-refractivity contribution in [2.24, 2.45) is 5.92 Å². The molecular formula is C22H30N2O2S. The fraction of sp³-hybridized carbons (Fsp3) is 0.455. The van der Waals surface area contributed by atoms with Crippen LogP contribution in [-0.4, -0.2) is 20.5 Å².